The van der Waals surface area contributed by atoms with Crippen LogP contribution in [-0.2, 0) is 43.2 Å². The Labute approximate surface area is 326 Å². The van der Waals surface area contributed by atoms with Crippen molar-refractivity contribution >= 4 is 38.5 Å². The summed E-state index contributed by atoms with van der Waals surface area (Å²) in [5.74, 6) is 0.547. The van der Waals surface area contributed by atoms with Crippen LogP contribution in [-0.4, -0.2) is 15.9 Å². The molecule has 281 valence electrons. The van der Waals surface area contributed by atoms with Crippen LogP contribution < -0.4 is 0 Å². The number of rotatable bonds is 9. The molecule has 6 rings (SSSR count). The van der Waals surface area contributed by atoms with E-state index in [1.54, 1.807) is 0 Å². The number of pyridine rings is 1. The van der Waals surface area contributed by atoms with Crippen LogP contribution >= 0.6 is 0 Å². The van der Waals surface area contributed by atoms with Crippen molar-refractivity contribution in [2.75, 3.05) is 0 Å². The van der Waals surface area contributed by atoms with Gasteiger partial charge in [-0.2, -0.15) is 0 Å². The number of benzene rings is 3. The van der Waals surface area contributed by atoms with Crippen LogP contribution in [0.1, 0.15) is 131 Å². The van der Waals surface area contributed by atoms with Gasteiger partial charge in [-0.25, -0.2) is 0 Å². The minimum absolute atomic E-state index is 0. The molecule has 1 N–H and O–H groups in total. The fourth-order valence-electron chi connectivity index (χ4n) is 8.05. The fourth-order valence-corrected chi connectivity index (χ4v) is 8.05. The molecule has 0 spiro atoms. The molecule has 1 radical (unpaired) electrons. The largest absolute Gasteiger partial charge is 0.512 e. The molecule has 0 aliphatic heterocycles. The van der Waals surface area contributed by atoms with Crippen LogP contribution in [0.4, 0.5) is 0 Å². The van der Waals surface area contributed by atoms with Crippen molar-refractivity contribution < 1.29 is 34.4 Å². The Morgan fingerprint density at radius 1 is 0.846 bits per heavy atom. The molecular weight excluding hydrogens is 819 g/mol. The van der Waals surface area contributed by atoms with E-state index in [4.69, 9.17) is 9.40 Å². The summed E-state index contributed by atoms with van der Waals surface area (Å²) < 4.78 is 6.91. The molecule has 0 saturated heterocycles. The second kappa shape index (κ2) is 16.0. The number of allylic oxidation sites excluding steroid dienone is 2. The Kier molecular flexibility index (Phi) is 12.8. The first-order valence-electron chi connectivity index (χ1n) is 19.2. The van der Waals surface area contributed by atoms with Gasteiger partial charge in [-0.3, -0.25) is 4.79 Å². The van der Waals surface area contributed by atoms with Gasteiger partial charge in [-0.1, -0.05) is 130 Å². The summed E-state index contributed by atoms with van der Waals surface area (Å²) in [6, 6.07) is 19.1. The number of hydrogen-bond acceptors (Lipinski definition) is 4. The summed E-state index contributed by atoms with van der Waals surface area (Å²) in [6.45, 7) is 26.5. The predicted octanol–water partition coefficient (Wildman–Crippen LogP) is 13.3. The third kappa shape index (κ3) is 8.27. The summed E-state index contributed by atoms with van der Waals surface area (Å²) in [4.78, 5) is 16.9. The van der Waals surface area contributed by atoms with Crippen molar-refractivity contribution in [3.8, 4) is 11.3 Å². The van der Waals surface area contributed by atoms with Crippen LogP contribution in [0.3, 0.4) is 0 Å². The molecule has 0 saturated carbocycles. The van der Waals surface area contributed by atoms with Crippen molar-refractivity contribution in [2.45, 2.75) is 127 Å². The maximum absolute atomic E-state index is 11.7. The number of nitrogens with zero attached hydrogens (tertiary/aromatic N) is 1. The number of ketones is 1. The average molecular weight is 879 g/mol. The van der Waals surface area contributed by atoms with Gasteiger partial charge in [0.1, 0.15) is 11.2 Å². The minimum atomic E-state index is -0.243. The number of hydrogen-bond donors (Lipinski definition) is 1. The van der Waals surface area contributed by atoms with Gasteiger partial charge >= 0.3 is 0 Å². The van der Waals surface area contributed by atoms with Crippen LogP contribution in [0.2, 0.25) is 0 Å². The van der Waals surface area contributed by atoms with Gasteiger partial charge in [-0.15, -0.1) is 23.3 Å². The Morgan fingerprint density at radius 2 is 1.42 bits per heavy atom. The molecule has 52 heavy (non-hydrogen) atoms. The second-order valence-electron chi connectivity index (χ2n) is 17.6. The molecule has 2 aromatic heterocycles. The summed E-state index contributed by atoms with van der Waals surface area (Å²) in [5.41, 5.74) is 9.26. The zero-order valence-electron chi connectivity index (χ0n) is 33.6. The van der Waals surface area contributed by atoms with E-state index in [0.717, 1.165) is 66.3 Å². The van der Waals surface area contributed by atoms with Gasteiger partial charge in [0.05, 0.1) is 5.76 Å². The van der Waals surface area contributed by atoms with Gasteiger partial charge in [0.15, 0.2) is 5.78 Å². The standard InChI is InChI=1S/C34H36NO.C13H24O2.Ir/c1-32(2,3)17-21-14-16-25-26-27-29(35-19-22(18-33(4,5)6)31(27)36-30(21)26)24-15-13-20-11-9-10-12-23(20)28(24)34(25,7)8;1-5-10(6-2)12(14)9-13(15)11(7-3)8-4;/h9-14,16,19H,17-18H2,1-8H3;9-11,14H,5-8H2,1-4H3;/q-1;;/b;12-9-;. The number of carbonyl (C=O) groups excluding carboxylic acids is 1. The van der Waals surface area contributed by atoms with Crippen molar-refractivity contribution in [1.82, 2.24) is 4.98 Å². The Morgan fingerprint density at radius 3 is 2.02 bits per heavy atom. The average Bonchev–Trinajstić information content (AvgIpc) is 3.43. The molecule has 3 aromatic carbocycles. The van der Waals surface area contributed by atoms with E-state index >= 15 is 0 Å². The zero-order chi connectivity index (χ0) is 37.5. The maximum atomic E-state index is 11.7. The summed E-state index contributed by atoms with van der Waals surface area (Å²) in [6.07, 6.45) is 8.84. The smallest absolute Gasteiger partial charge is 0.162 e. The summed E-state index contributed by atoms with van der Waals surface area (Å²) in [7, 11) is 0. The number of furan rings is 1. The minimum Gasteiger partial charge on any atom is -0.512 e. The molecule has 4 nitrogen and oxygen atoms in total. The summed E-state index contributed by atoms with van der Waals surface area (Å²) >= 11 is 0. The van der Waals surface area contributed by atoms with Crippen molar-refractivity contribution in [2.24, 2.45) is 22.7 Å². The van der Waals surface area contributed by atoms with Gasteiger partial charge in [0.2, 0.25) is 0 Å². The van der Waals surface area contributed by atoms with Gasteiger partial charge in [0, 0.05) is 66.2 Å². The molecule has 5 aromatic rings. The van der Waals surface area contributed by atoms with E-state index in [2.05, 4.69) is 110 Å². The molecule has 1 aliphatic carbocycles. The quantitative estimate of drug-likeness (QED) is 0.0910. The van der Waals surface area contributed by atoms with Crippen molar-refractivity contribution in [1.29, 1.82) is 0 Å². The topological polar surface area (TPSA) is 63.3 Å². The third-order valence-electron chi connectivity index (χ3n) is 10.7. The van der Waals surface area contributed by atoms with Crippen LogP contribution in [0.15, 0.2) is 64.9 Å². The third-order valence-corrected chi connectivity index (χ3v) is 10.7. The van der Waals surface area contributed by atoms with Crippen LogP contribution in [0, 0.1) is 28.7 Å². The molecule has 0 amide bonds. The fraction of sp³-hybridized carbons (Fsp3) is 0.489. The molecule has 0 bridgehead atoms. The van der Waals surface area contributed by atoms with E-state index in [1.165, 1.54) is 44.5 Å². The number of aromatic nitrogens is 1. The Bertz CT molecular complexity index is 2080. The molecule has 1 aliphatic rings. The van der Waals surface area contributed by atoms with Crippen molar-refractivity contribution in [3.05, 3.63) is 88.8 Å². The molecule has 0 unspecified atom stereocenters. The number of fused-ring (bicyclic) bond motifs is 4. The molecule has 0 fully saturated rings. The van der Waals surface area contributed by atoms with Gasteiger partial charge < -0.3 is 14.5 Å². The zero-order valence-corrected chi connectivity index (χ0v) is 36.0. The molecule has 2 heterocycles. The Balaban J connectivity index is 0.000000323. The Hall–Kier alpha value is -3.27. The van der Waals surface area contributed by atoms with Gasteiger partial charge in [-0.05, 0) is 65.9 Å². The SMILES string of the molecule is CC(C)(C)Cc1ccc2c3c1oc1c(CC(C)(C)C)cnc(c13)-c1[c-]cc3ccccc3c1C2(C)C.CCC(CC)C(=O)/C=C(\O)C(CC)CC.[Ir]. The van der Waals surface area contributed by atoms with Gasteiger partial charge in [0.25, 0.3) is 0 Å². The van der Waals surface area contributed by atoms with E-state index < -0.39 is 0 Å². The molecule has 5 heteroatoms. The van der Waals surface area contributed by atoms with E-state index in [1.807, 2.05) is 27.7 Å². The number of aliphatic hydroxyl groups excluding tert-OH is 1. The number of aliphatic hydroxyl groups is 1. The maximum Gasteiger partial charge on any atom is 0.162 e. The van der Waals surface area contributed by atoms with Crippen LogP contribution in [0.25, 0.3) is 44.0 Å². The van der Waals surface area contributed by atoms with Crippen LogP contribution in [0.5, 0.6) is 0 Å². The second-order valence-corrected chi connectivity index (χ2v) is 17.6. The monoisotopic (exact) mass is 879 g/mol. The first-order valence-corrected chi connectivity index (χ1v) is 19.2. The first kappa shape index (κ1) is 41.5. The van der Waals surface area contributed by atoms with Crippen molar-refractivity contribution in [3.63, 3.8) is 0 Å². The molecular formula is C47H60IrNO3-. The van der Waals surface area contributed by atoms with E-state index in [9.17, 15) is 9.90 Å². The van der Waals surface area contributed by atoms with E-state index in [0.29, 0.717) is 0 Å². The summed E-state index contributed by atoms with van der Waals surface area (Å²) in [5, 5.41) is 14.7. The first-order chi connectivity index (χ1) is 23.9. The van der Waals surface area contributed by atoms with E-state index in [-0.39, 0.29) is 59.7 Å². The number of carbonyl (C=O) groups is 1. The predicted molar refractivity (Wildman–Crippen MR) is 216 cm³/mol. The normalized spacial score (nSPS) is 14.1. The molecule has 0 atom stereocenters.